The molecular formula is C13H19ClN2O3S. The third-order valence-electron chi connectivity index (χ3n) is 4.06. The number of hydrogen-bond acceptors (Lipinski definition) is 3. The van der Waals surface area contributed by atoms with Crippen molar-refractivity contribution in [2.24, 2.45) is 11.8 Å². The van der Waals surface area contributed by atoms with Crippen LogP contribution < -0.4 is 10.3 Å². The highest BCUT2D eigenvalue weighted by Crippen LogP contribution is 2.30. The van der Waals surface area contributed by atoms with Crippen LogP contribution in [-0.2, 0) is 10.0 Å². The highest BCUT2D eigenvalue weighted by atomic mass is 35.5. The monoisotopic (exact) mass is 318 g/mol. The number of aromatic amines is 1. The number of halogens is 1. The van der Waals surface area contributed by atoms with E-state index in [2.05, 4.69) is 23.6 Å². The van der Waals surface area contributed by atoms with Crippen LogP contribution in [0.3, 0.4) is 0 Å². The number of hydrogen-bond donors (Lipinski definition) is 2. The van der Waals surface area contributed by atoms with Crippen molar-refractivity contribution < 1.29 is 8.42 Å². The summed E-state index contributed by atoms with van der Waals surface area (Å²) in [5, 5.41) is -0.126. The van der Waals surface area contributed by atoms with E-state index in [9.17, 15) is 13.2 Å². The molecule has 1 aliphatic rings. The predicted molar refractivity (Wildman–Crippen MR) is 78.4 cm³/mol. The zero-order valence-corrected chi connectivity index (χ0v) is 13.1. The second-order valence-electron chi connectivity index (χ2n) is 5.60. The molecule has 1 aromatic rings. The van der Waals surface area contributed by atoms with Gasteiger partial charge in [-0.25, -0.2) is 13.1 Å². The molecule has 1 saturated carbocycles. The van der Waals surface area contributed by atoms with Crippen molar-refractivity contribution in [2.45, 2.75) is 44.0 Å². The summed E-state index contributed by atoms with van der Waals surface area (Å²) in [4.78, 5) is 13.5. The van der Waals surface area contributed by atoms with Gasteiger partial charge in [0.15, 0.2) is 0 Å². The molecule has 0 bridgehead atoms. The Hall–Kier alpha value is -0.850. The standard InChI is InChI=1S/C13H19ClN2O3S/c1-8-3-4-10(5-9(8)2)16-20(18,19)11-6-12(14)13(17)15-7-11/h6-10,16H,3-5H2,1-2H3,(H,15,17). The van der Waals surface area contributed by atoms with E-state index in [-0.39, 0.29) is 16.0 Å². The molecule has 2 N–H and O–H groups in total. The summed E-state index contributed by atoms with van der Waals surface area (Å²) in [5.74, 6) is 1.12. The molecule has 0 amide bonds. The van der Waals surface area contributed by atoms with Gasteiger partial charge in [0.05, 0.1) is 4.90 Å². The molecule has 7 heteroatoms. The second kappa shape index (κ2) is 5.87. The van der Waals surface area contributed by atoms with Crippen molar-refractivity contribution in [1.29, 1.82) is 0 Å². The van der Waals surface area contributed by atoms with Gasteiger partial charge in [-0.3, -0.25) is 4.79 Å². The minimum atomic E-state index is -3.64. The van der Waals surface area contributed by atoms with Gasteiger partial charge in [-0.1, -0.05) is 25.4 Å². The molecule has 20 heavy (non-hydrogen) atoms. The van der Waals surface area contributed by atoms with Gasteiger partial charge >= 0.3 is 0 Å². The van der Waals surface area contributed by atoms with Crippen molar-refractivity contribution in [1.82, 2.24) is 9.71 Å². The summed E-state index contributed by atoms with van der Waals surface area (Å²) in [7, 11) is -3.64. The lowest BCUT2D eigenvalue weighted by Gasteiger charge is -2.32. The van der Waals surface area contributed by atoms with Gasteiger partial charge in [0.25, 0.3) is 5.56 Å². The number of pyridine rings is 1. The molecule has 1 aliphatic carbocycles. The molecule has 1 aromatic heterocycles. The fraction of sp³-hybridized carbons (Fsp3) is 0.615. The Morgan fingerprint density at radius 3 is 2.60 bits per heavy atom. The van der Waals surface area contributed by atoms with Crippen LogP contribution in [0.25, 0.3) is 0 Å². The number of rotatable bonds is 3. The van der Waals surface area contributed by atoms with Gasteiger partial charge in [0, 0.05) is 12.2 Å². The molecule has 112 valence electrons. The maximum Gasteiger partial charge on any atom is 0.266 e. The summed E-state index contributed by atoms with van der Waals surface area (Å²) in [6.45, 7) is 4.33. The van der Waals surface area contributed by atoms with Crippen molar-refractivity contribution in [3.63, 3.8) is 0 Å². The van der Waals surface area contributed by atoms with Crippen LogP contribution in [0.5, 0.6) is 0 Å². The molecule has 0 saturated heterocycles. The molecule has 0 aromatic carbocycles. The minimum absolute atomic E-state index is 0.00613. The fourth-order valence-electron chi connectivity index (χ4n) is 2.53. The topological polar surface area (TPSA) is 79.0 Å². The molecule has 2 rings (SSSR count). The first-order chi connectivity index (χ1) is 9.29. The normalized spacial score (nSPS) is 27.4. The van der Waals surface area contributed by atoms with Crippen LogP contribution in [-0.4, -0.2) is 19.4 Å². The molecule has 1 heterocycles. The largest absolute Gasteiger partial charge is 0.326 e. The second-order valence-corrected chi connectivity index (χ2v) is 7.72. The Bertz CT molecular complexity index is 641. The Morgan fingerprint density at radius 1 is 1.30 bits per heavy atom. The third kappa shape index (κ3) is 3.42. The van der Waals surface area contributed by atoms with Crippen molar-refractivity contribution in [3.8, 4) is 0 Å². The van der Waals surface area contributed by atoms with E-state index in [1.165, 1.54) is 12.3 Å². The maximum absolute atomic E-state index is 12.3. The molecule has 0 spiro atoms. The average molecular weight is 319 g/mol. The van der Waals surface area contributed by atoms with Gasteiger partial charge in [0.1, 0.15) is 5.02 Å². The molecular weight excluding hydrogens is 300 g/mol. The van der Waals surface area contributed by atoms with Gasteiger partial charge in [-0.2, -0.15) is 0 Å². The van der Waals surface area contributed by atoms with E-state index in [1.54, 1.807) is 0 Å². The Labute approximate surface area is 123 Å². The quantitative estimate of drug-likeness (QED) is 0.896. The summed E-state index contributed by atoms with van der Waals surface area (Å²) in [6.07, 6.45) is 3.85. The summed E-state index contributed by atoms with van der Waals surface area (Å²) in [5.41, 5.74) is -0.495. The average Bonchev–Trinajstić information content (AvgIpc) is 2.37. The van der Waals surface area contributed by atoms with E-state index < -0.39 is 15.6 Å². The Morgan fingerprint density at radius 2 is 2.00 bits per heavy atom. The first-order valence-corrected chi connectivity index (χ1v) is 8.56. The number of H-pyrrole nitrogens is 1. The lowest BCUT2D eigenvalue weighted by atomic mass is 9.79. The van der Waals surface area contributed by atoms with Crippen LogP contribution in [0.15, 0.2) is 22.0 Å². The van der Waals surface area contributed by atoms with Crippen LogP contribution in [0.1, 0.15) is 33.1 Å². The smallest absolute Gasteiger partial charge is 0.266 e. The van der Waals surface area contributed by atoms with Gasteiger partial charge in [-0.15, -0.1) is 0 Å². The van der Waals surface area contributed by atoms with Gasteiger partial charge < -0.3 is 4.98 Å². The maximum atomic E-state index is 12.3. The zero-order chi connectivity index (χ0) is 14.9. The fourth-order valence-corrected chi connectivity index (χ4v) is 4.05. The summed E-state index contributed by atoms with van der Waals surface area (Å²) in [6, 6.07) is 1.12. The van der Waals surface area contributed by atoms with Crippen molar-refractivity contribution >= 4 is 21.6 Å². The van der Waals surface area contributed by atoms with Crippen LogP contribution in [0, 0.1) is 11.8 Å². The number of nitrogens with one attached hydrogen (secondary N) is 2. The third-order valence-corrected chi connectivity index (χ3v) is 5.84. The predicted octanol–water partition coefficient (Wildman–Crippen LogP) is 2.13. The van der Waals surface area contributed by atoms with E-state index >= 15 is 0 Å². The molecule has 0 aliphatic heterocycles. The molecule has 0 radical (unpaired) electrons. The highest BCUT2D eigenvalue weighted by molar-refractivity contribution is 7.89. The molecule has 3 atom stereocenters. The van der Waals surface area contributed by atoms with Crippen LogP contribution in [0.4, 0.5) is 0 Å². The Balaban J connectivity index is 2.15. The van der Waals surface area contributed by atoms with E-state index in [0.29, 0.717) is 11.8 Å². The highest BCUT2D eigenvalue weighted by Gasteiger charge is 2.28. The van der Waals surface area contributed by atoms with Crippen molar-refractivity contribution in [2.75, 3.05) is 0 Å². The number of sulfonamides is 1. The SMILES string of the molecule is CC1CCC(NS(=O)(=O)c2c[nH]c(=O)c(Cl)c2)CC1C. The zero-order valence-electron chi connectivity index (χ0n) is 11.5. The van der Waals surface area contributed by atoms with Gasteiger partial charge in [0.2, 0.25) is 10.0 Å². The summed E-state index contributed by atoms with van der Waals surface area (Å²) < 4.78 is 27.2. The lowest BCUT2D eigenvalue weighted by Crippen LogP contribution is -2.39. The molecule has 3 unspecified atom stereocenters. The Kier molecular flexibility index (Phi) is 4.56. The number of aromatic nitrogens is 1. The van der Waals surface area contributed by atoms with Gasteiger partial charge in [-0.05, 0) is 37.2 Å². The first-order valence-electron chi connectivity index (χ1n) is 6.70. The minimum Gasteiger partial charge on any atom is -0.326 e. The van der Waals surface area contributed by atoms with Crippen molar-refractivity contribution in [3.05, 3.63) is 27.6 Å². The molecule has 5 nitrogen and oxygen atoms in total. The van der Waals surface area contributed by atoms with Crippen LogP contribution in [0.2, 0.25) is 5.02 Å². The summed E-state index contributed by atoms with van der Waals surface area (Å²) >= 11 is 5.67. The molecule has 1 fully saturated rings. The van der Waals surface area contributed by atoms with Crippen LogP contribution >= 0.6 is 11.6 Å². The lowest BCUT2D eigenvalue weighted by molar-refractivity contribution is 0.242. The first kappa shape index (κ1) is 15.5. The van der Waals surface area contributed by atoms with E-state index in [0.717, 1.165) is 19.3 Å². The van der Waals surface area contributed by atoms with E-state index in [4.69, 9.17) is 11.6 Å². The van der Waals surface area contributed by atoms with E-state index in [1.807, 2.05) is 0 Å².